The van der Waals surface area contributed by atoms with Gasteiger partial charge in [0.05, 0.1) is 17.0 Å². The van der Waals surface area contributed by atoms with Crippen molar-refractivity contribution in [3.63, 3.8) is 0 Å². The van der Waals surface area contributed by atoms with Gasteiger partial charge in [0.2, 0.25) is 0 Å². The van der Waals surface area contributed by atoms with Crippen LogP contribution in [0.1, 0.15) is 37.6 Å². The van der Waals surface area contributed by atoms with Crippen molar-refractivity contribution in [3.8, 4) is 5.75 Å². The zero-order valence-electron chi connectivity index (χ0n) is 16.3. The first-order valence-corrected chi connectivity index (χ1v) is 10.0. The van der Waals surface area contributed by atoms with Gasteiger partial charge in [-0.1, -0.05) is 30.0 Å². The highest BCUT2D eigenvalue weighted by molar-refractivity contribution is 8.15. The lowest BCUT2D eigenvalue weighted by atomic mass is 9.98. The molecule has 2 atom stereocenters. The van der Waals surface area contributed by atoms with E-state index in [1.54, 1.807) is 20.0 Å². The molecule has 1 saturated heterocycles. The number of pyridine rings is 1. The summed E-state index contributed by atoms with van der Waals surface area (Å²) in [5.74, 6) is 0.760. The lowest BCUT2D eigenvalue weighted by Crippen LogP contribution is -2.40. The first-order chi connectivity index (χ1) is 13.2. The molecule has 3 N–H and O–H groups in total. The van der Waals surface area contributed by atoms with Gasteiger partial charge in [0.1, 0.15) is 12.0 Å². The summed E-state index contributed by atoms with van der Waals surface area (Å²) in [4.78, 5) is 15.8. The highest BCUT2D eigenvalue weighted by Gasteiger charge is 2.43. The summed E-state index contributed by atoms with van der Waals surface area (Å²) in [5, 5.41) is 22.3. The van der Waals surface area contributed by atoms with E-state index in [0.717, 1.165) is 34.3 Å². The number of hydrogen-bond acceptors (Lipinski definition) is 6. The van der Waals surface area contributed by atoms with Gasteiger partial charge in [-0.3, -0.25) is 9.78 Å². The Hall–Kier alpha value is -2.09. The molecule has 0 bridgehead atoms. The number of hydrogen-bond donors (Lipinski definition) is 3. The van der Waals surface area contributed by atoms with Crippen molar-refractivity contribution in [2.75, 3.05) is 6.61 Å². The third-order valence-corrected chi connectivity index (χ3v) is 5.93. The van der Waals surface area contributed by atoms with E-state index in [1.807, 2.05) is 43.3 Å². The fourth-order valence-corrected chi connectivity index (χ4v) is 4.01. The normalized spacial score (nSPS) is 22.2. The van der Waals surface area contributed by atoms with Gasteiger partial charge >= 0.3 is 0 Å². The lowest BCUT2D eigenvalue weighted by Gasteiger charge is -2.24. The summed E-state index contributed by atoms with van der Waals surface area (Å²) < 4.78 is 5.22. The van der Waals surface area contributed by atoms with Crippen LogP contribution in [0.5, 0.6) is 5.75 Å². The van der Waals surface area contributed by atoms with Crippen molar-refractivity contribution in [1.29, 1.82) is 0 Å². The highest BCUT2D eigenvalue weighted by atomic mass is 32.2. The maximum Gasteiger partial charge on any atom is 0.281 e. The molecule has 7 heteroatoms. The van der Waals surface area contributed by atoms with Crippen molar-refractivity contribution in [1.82, 2.24) is 10.3 Å². The summed E-state index contributed by atoms with van der Waals surface area (Å²) in [7, 11) is 0. The number of thioether (sulfide) groups is 1. The smallest absolute Gasteiger partial charge is 0.281 e. The second-order valence-corrected chi connectivity index (χ2v) is 9.27. The Kier molecular flexibility index (Phi) is 5.98. The molecule has 2 aromatic rings. The van der Waals surface area contributed by atoms with Crippen LogP contribution in [0.3, 0.4) is 0 Å². The average molecular weight is 403 g/mol. The van der Waals surface area contributed by atoms with Crippen molar-refractivity contribution in [2.45, 2.75) is 50.2 Å². The number of amides is 1. The molecule has 1 amide bonds. The van der Waals surface area contributed by atoms with Gasteiger partial charge in [-0.05, 0) is 51.0 Å². The number of nitrogens with one attached hydrogen (secondary N) is 1. The molecule has 2 heterocycles. The predicted molar refractivity (Wildman–Crippen MR) is 109 cm³/mol. The second kappa shape index (κ2) is 8.11. The molecule has 2 unspecified atom stereocenters. The van der Waals surface area contributed by atoms with Gasteiger partial charge in [0.15, 0.2) is 0 Å². The van der Waals surface area contributed by atoms with E-state index in [1.165, 1.54) is 0 Å². The number of ether oxygens (including phenoxy) is 1. The maximum atomic E-state index is 11.5. The molecule has 0 radical (unpaired) electrons. The van der Waals surface area contributed by atoms with Crippen LogP contribution in [-0.4, -0.2) is 38.0 Å². The topological polar surface area (TPSA) is 91.7 Å². The third kappa shape index (κ3) is 5.04. The Morgan fingerprint density at radius 1 is 1.25 bits per heavy atom. The molecule has 0 aliphatic carbocycles. The number of aromatic nitrogens is 1. The molecule has 1 fully saturated rings. The minimum atomic E-state index is -0.892. The molecule has 150 valence electrons. The number of nitrogens with zero attached hydrogens (tertiary/aromatic N) is 1. The average Bonchev–Trinajstić information content (AvgIpc) is 2.88. The summed E-state index contributed by atoms with van der Waals surface area (Å²) in [6.45, 7) is 5.84. The van der Waals surface area contributed by atoms with Gasteiger partial charge in [-0.2, -0.15) is 0 Å². The van der Waals surface area contributed by atoms with Crippen LogP contribution in [0.4, 0.5) is 4.79 Å². The van der Waals surface area contributed by atoms with E-state index >= 15 is 0 Å². The molecule has 0 spiro atoms. The Morgan fingerprint density at radius 2 is 1.96 bits per heavy atom. The largest absolute Gasteiger partial charge is 0.493 e. The minimum Gasteiger partial charge on any atom is -0.493 e. The fourth-order valence-electron chi connectivity index (χ4n) is 3.01. The minimum absolute atomic E-state index is 0.195. The van der Waals surface area contributed by atoms with Crippen LogP contribution in [0.25, 0.3) is 0 Å². The maximum absolute atomic E-state index is 11.5. The zero-order valence-corrected chi connectivity index (χ0v) is 17.1. The SMILES string of the molecule is CC(C)(O)c1ccc(CCOc2ccc(CC3(C)SC(=O)NC3O)cc2)nc1. The predicted octanol–water partition coefficient (Wildman–Crippen LogP) is 3.01. The van der Waals surface area contributed by atoms with Gasteiger partial charge in [0, 0.05) is 23.9 Å². The first kappa shape index (κ1) is 20.6. The van der Waals surface area contributed by atoms with Crippen LogP contribution >= 0.6 is 11.8 Å². The van der Waals surface area contributed by atoms with Crippen LogP contribution in [-0.2, 0) is 18.4 Å². The van der Waals surface area contributed by atoms with E-state index in [2.05, 4.69) is 10.3 Å². The standard InChI is InChI=1S/C21H26N2O4S/c1-20(2,26)15-6-7-16(22-13-15)10-11-27-17-8-4-14(5-9-17)12-21(3)18(24)23-19(25)28-21/h4-9,13,18,24,26H,10-12H2,1-3H3,(H,23,25). The molecule has 1 aromatic carbocycles. The van der Waals surface area contributed by atoms with E-state index in [-0.39, 0.29) is 5.24 Å². The molecule has 6 nitrogen and oxygen atoms in total. The van der Waals surface area contributed by atoms with Crippen molar-refractivity contribution in [3.05, 3.63) is 59.4 Å². The summed E-state index contributed by atoms with van der Waals surface area (Å²) in [6, 6.07) is 11.5. The van der Waals surface area contributed by atoms with Gasteiger partial charge in [0.25, 0.3) is 5.24 Å². The molecule has 1 aliphatic heterocycles. The Bertz CT molecular complexity index is 818. The van der Waals surface area contributed by atoms with Crippen LogP contribution in [0.2, 0.25) is 0 Å². The third-order valence-electron chi connectivity index (χ3n) is 4.80. The fraction of sp³-hybridized carbons (Fsp3) is 0.429. The molecule has 1 aliphatic rings. The molecular weight excluding hydrogens is 376 g/mol. The second-order valence-electron chi connectivity index (χ2n) is 7.77. The number of benzene rings is 1. The zero-order chi connectivity index (χ0) is 20.4. The molecule has 28 heavy (non-hydrogen) atoms. The monoisotopic (exact) mass is 402 g/mol. The number of aliphatic hydroxyl groups excluding tert-OH is 1. The Labute approximate surface area is 169 Å². The van der Waals surface area contributed by atoms with Crippen molar-refractivity contribution >= 4 is 17.0 Å². The van der Waals surface area contributed by atoms with Gasteiger partial charge < -0.3 is 20.3 Å². The van der Waals surface area contributed by atoms with E-state index in [4.69, 9.17) is 4.74 Å². The van der Waals surface area contributed by atoms with E-state index in [0.29, 0.717) is 19.4 Å². The van der Waals surface area contributed by atoms with Gasteiger partial charge in [-0.25, -0.2) is 0 Å². The molecule has 0 saturated carbocycles. The quantitative estimate of drug-likeness (QED) is 0.659. The number of carbonyl (C=O) groups excluding carboxylic acids is 1. The highest BCUT2D eigenvalue weighted by Crippen LogP contribution is 2.37. The summed E-state index contributed by atoms with van der Waals surface area (Å²) >= 11 is 1.13. The van der Waals surface area contributed by atoms with E-state index in [9.17, 15) is 15.0 Å². The lowest BCUT2D eigenvalue weighted by molar-refractivity contribution is 0.0782. The Morgan fingerprint density at radius 3 is 2.50 bits per heavy atom. The van der Waals surface area contributed by atoms with E-state index < -0.39 is 16.6 Å². The van der Waals surface area contributed by atoms with Crippen LogP contribution < -0.4 is 10.1 Å². The number of aliphatic hydroxyl groups is 2. The van der Waals surface area contributed by atoms with Crippen LogP contribution in [0.15, 0.2) is 42.6 Å². The molecule has 1 aromatic heterocycles. The molecule has 3 rings (SSSR count). The van der Waals surface area contributed by atoms with Crippen LogP contribution in [0, 0.1) is 0 Å². The van der Waals surface area contributed by atoms with Gasteiger partial charge in [-0.15, -0.1) is 0 Å². The number of carbonyl (C=O) groups is 1. The Balaban J connectivity index is 1.50. The number of rotatable bonds is 7. The summed E-state index contributed by atoms with van der Waals surface area (Å²) in [5.41, 5.74) is 1.82. The summed E-state index contributed by atoms with van der Waals surface area (Å²) in [6.07, 6.45) is 2.09. The molecular formula is C21H26N2O4S. The first-order valence-electron chi connectivity index (χ1n) is 9.23. The van der Waals surface area contributed by atoms with Crippen molar-refractivity contribution < 1.29 is 19.7 Å². The van der Waals surface area contributed by atoms with Crippen molar-refractivity contribution in [2.24, 2.45) is 0 Å².